The molecule has 0 amide bonds. The number of nitrogens with zero attached hydrogens (tertiary/aromatic N) is 5. The summed E-state index contributed by atoms with van der Waals surface area (Å²) in [4.78, 5) is 23.7. The molecular formula is C17H19N5O2. The van der Waals surface area contributed by atoms with E-state index in [1.165, 1.54) is 6.07 Å². The first kappa shape index (κ1) is 16.1. The van der Waals surface area contributed by atoms with Gasteiger partial charge in [-0.2, -0.15) is 0 Å². The quantitative estimate of drug-likeness (QED) is 0.620. The van der Waals surface area contributed by atoms with Gasteiger partial charge in [-0.15, -0.1) is 0 Å². The summed E-state index contributed by atoms with van der Waals surface area (Å²) in [5.41, 5.74) is 0.776. The van der Waals surface area contributed by atoms with Crippen molar-refractivity contribution >= 4 is 17.7 Å². The van der Waals surface area contributed by atoms with E-state index in [9.17, 15) is 10.1 Å². The second-order valence-electron chi connectivity index (χ2n) is 5.55. The summed E-state index contributed by atoms with van der Waals surface area (Å²) >= 11 is 0. The van der Waals surface area contributed by atoms with E-state index in [0.29, 0.717) is 5.56 Å². The van der Waals surface area contributed by atoms with Crippen LogP contribution in [0.15, 0.2) is 48.8 Å². The highest BCUT2D eigenvalue weighted by molar-refractivity contribution is 5.60. The standard InChI is InChI=1S/C17H19N5O2/c23-22(24)16-7-2-1-5-15(16)6-3-10-20-11-13-21(14-12-20)17-18-8-4-9-19-17/h1-9H,10-14H2. The fourth-order valence-electron chi connectivity index (χ4n) is 2.71. The van der Waals surface area contributed by atoms with Crippen LogP contribution in [-0.4, -0.2) is 52.5 Å². The lowest BCUT2D eigenvalue weighted by Gasteiger charge is -2.34. The van der Waals surface area contributed by atoms with Crippen molar-refractivity contribution < 1.29 is 4.92 Å². The van der Waals surface area contributed by atoms with Crippen molar-refractivity contribution in [3.8, 4) is 0 Å². The van der Waals surface area contributed by atoms with Gasteiger partial charge in [-0.3, -0.25) is 15.0 Å². The van der Waals surface area contributed by atoms with Gasteiger partial charge in [-0.05, 0) is 12.1 Å². The van der Waals surface area contributed by atoms with E-state index in [1.807, 2.05) is 24.3 Å². The van der Waals surface area contributed by atoms with Crippen LogP contribution in [0.2, 0.25) is 0 Å². The van der Waals surface area contributed by atoms with Gasteiger partial charge in [-0.1, -0.05) is 24.3 Å². The summed E-state index contributed by atoms with van der Waals surface area (Å²) in [6.45, 7) is 4.36. The van der Waals surface area contributed by atoms with Crippen LogP contribution in [0.3, 0.4) is 0 Å². The first-order chi connectivity index (χ1) is 11.7. The molecule has 0 bridgehead atoms. The van der Waals surface area contributed by atoms with Crippen LogP contribution in [0.5, 0.6) is 0 Å². The Morgan fingerprint density at radius 3 is 2.50 bits per heavy atom. The van der Waals surface area contributed by atoms with Gasteiger partial charge in [0.15, 0.2) is 0 Å². The van der Waals surface area contributed by atoms with Gasteiger partial charge in [0.1, 0.15) is 0 Å². The zero-order valence-electron chi connectivity index (χ0n) is 13.3. The van der Waals surface area contributed by atoms with Crippen LogP contribution < -0.4 is 4.90 Å². The average Bonchev–Trinajstić information content (AvgIpc) is 2.63. The van der Waals surface area contributed by atoms with Crippen LogP contribution in [0, 0.1) is 10.1 Å². The molecule has 1 aliphatic rings. The second kappa shape index (κ2) is 7.65. The van der Waals surface area contributed by atoms with Gasteiger partial charge in [0.2, 0.25) is 5.95 Å². The Hall–Kier alpha value is -2.80. The van der Waals surface area contributed by atoms with E-state index < -0.39 is 0 Å². The zero-order valence-corrected chi connectivity index (χ0v) is 13.3. The fraction of sp³-hybridized carbons (Fsp3) is 0.294. The number of nitro benzene ring substituents is 1. The van der Waals surface area contributed by atoms with Crippen molar-refractivity contribution in [3.63, 3.8) is 0 Å². The lowest BCUT2D eigenvalue weighted by molar-refractivity contribution is -0.385. The summed E-state index contributed by atoms with van der Waals surface area (Å²) in [7, 11) is 0. The summed E-state index contributed by atoms with van der Waals surface area (Å²) in [5.74, 6) is 0.771. The highest BCUT2D eigenvalue weighted by Crippen LogP contribution is 2.19. The number of rotatable bonds is 5. The Bertz CT molecular complexity index is 712. The Kier molecular flexibility index (Phi) is 5.12. The fourth-order valence-corrected chi connectivity index (χ4v) is 2.71. The van der Waals surface area contributed by atoms with E-state index in [2.05, 4.69) is 19.8 Å². The maximum atomic E-state index is 11.0. The molecule has 0 radical (unpaired) electrons. The molecular weight excluding hydrogens is 306 g/mol. The normalized spacial score (nSPS) is 15.8. The van der Waals surface area contributed by atoms with Crippen molar-refractivity contribution in [3.05, 3.63) is 64.5 Å². The van der Waals surface area contributed by atoms with Crippen molar-refractivity contribution in [2.24, 2.45) is 0 Å². The predicted octanol–water partition coefficient (Wildman–Crippen LogP) is 2.22. The lowest BCUT2D eigenvalue weighted by atomic mass is 10.1. The molecule has 7 heteroatoms. The molecule has 3 rings (SSSR count). The monoisotopic (exact) mass is 325 g/mol. The number of benzene rings is 1. The Balaban J connectivity index is 1.53. The van der Waals surface area contributed by atoms with Crippen LogP contribution in [0.25, 0.3) is 6.08 Å². The highest BCUT2D eigenvalue weighted by atomic mass is 16.6. The zero-order chi connectivity index (χ0) is 16.8. The molecule has 1 aromatic heterocycles. The Labute approximate surface area is 140 Å². The molecule has 1 aromatic carbocycles. The summed E-state index contributed by atoms with van der Waals surface area (Å²) in [5, 5.41) is 11.0. The number of anilines is 1. The molecule has 7 nitrogen and oxygen atoms in total. The van der Waals surface area contributed by atoms with Crippen LogP contribution >= 0.6 is 0 Å². The second-order valence-corrected chi connectivity index (χ2v) is 5.55. The van der Waals surface area contributed by atoms with E-state index in [0.717, 1.165) is 38.7 Å². The number of nitro groups is 1. The third-order valence-corrected chi connectivity index (χ3v) is 4.00. The predicted molar refractivity (Wildman–Crippen MR) is 92.8 cm³/mol. The Morgan fingerprint density at radius 2 is 1.79 bits per heavy atom. The van der Waals surface area contributed by atoms with E-state index in [1.54, 1.807) is 24.5 Å². The molecule has 0 saturated carbocycles. The molecule has 24 heavy (non-hydrogen) atoms. The molecule has 1 aliphatic heterocycles. The molecule has 0 aliphatic carbocycles. The molecule has 124 valence electrons. The van der Waals surface area contributed by atoms with E-state index >= 15 is 0 Å². The third-order valence-electron chi connectivity index (χ3n) is 4.00. The number of hydrogen-bond donors (Lipinski definition) is 0. The van der Waals surface area contributed by atoms with Gasteiger partial charge in [-0.25, -0.2) is 9.97 Å². The number of aromatic nitrogens is 2. The third kappa shape index (κ3) is 3.94. The smallest absolute Gasteiger partial charge is 0.276 e. The van der Waals surface area contributed by atoms with Crippen molar-refractivity contribution in [1.29, 1.82) is 0 Å². The maximum absolute atomic E-state index is 11.0. The van der Waals surface area contributed by atoms with Crippen molar-refractivity contribution in [1.82, 2.24) is 14.9 Å². The minimum Gasteiger partial charge on any atom is -0.338 e. The average molecular weight is 325 g/mol. The Morgan fingerprint density at radius 1 is 1.08 bits per heavy atom. The van der Waals surface area contributed by atoms with Crippen molar-refractivity contribution in [2.75, 3.05) is 37.6 Å². The number of para-hydroxylation sites is 1. The molecule has 0 unspecified atom stereocenters. The first-order valence-electron chi connectivity index (χ1n) is 7.88. The molecule has 0 atom stereocenters. The van der Waals surface area contributed by atoms with Crippen molar-refractivity contribution in [2.45, 2.75) is 0 Å². The van der Waals surface area contributed by atoms with Crippen LogP contribution in [0.4, 0.5) is 11.6 Å². The maximum Gasteiger partial charge on any atom is 0.276 e. The molecule has 2 heterocycles. The number of hydrogen-bond acceptors (Lipinski definition) is 6. The summed E-state index contributed by atoms with van der Waals surface area (Å²) in [6, 6.07) is 8.59. The van der Waals surface area contributed by atoms with Crippen LogP contribution in [0.1, 0.15) is 5.56 Å². The number of piperazine rings is 1. The molecule has 2 aromatic rings. The molecule has 1 saturated heterocycles. The SMILES string of the molecule is O=[N+]([O-])c1ccccc1C=CCN1CCN(c2ncccn2)CC1. The lowest BCUT2D eigenvalue weighted by Crippen LogP contribution is -2.46. The van der Waals surface area contributed by atoms with Gasteiger partial charge in [0.05, 0.1) is 10.5 Å². The van der Waals surface area contributed by atoms with E-state index in [-0.39, 0.29) is 10.6 Å². The van der Waals surface area contributed by atoms with Gasteiger partial charge >= 0.3 is 0 Å². The topological polar surface area (TPSA) is 75.4 Å². The molecule has 1 fully saturated rings. The van der Waals surface area contributed by atoms with Crippen LogP contribution in [-0.2, 0) is 0 Å². The van der Waals surface area contributed by atoms with E-state index in [4.69, 9.17) is 0 Å². The molecule has 0 spiro atoms. The van der Waals surface area contributed by atoms with Gasteiger partial charge in [0.25, 0.3) is 5.69 Å². The minimum atomic E-state index is -0.349. The summed E-state index contributed by atoms with van der Waals surface area (Å²) in [6.07, 6.45) is 7.32. The highest BCUT2D eigenvalue weighted by Gasteiger charge is 2.17. The minimum absolute atomic E-state index is 0.139. The van der Waals surface area contributed by atoms with Gasteiger partial charge in [0, 0.05) is 51.2 Å². The first-order valence-corrected chi connectivity index (χ1v) is 7.88. The molecule has 0 N–H and O–H groups in total. The van der Waals surface area contributed by atoms with Gasteiger partial charge < -0.3 is 4.90 Å². The largest absolute Gasteiger partial charge is 0.338 e. The summed E-state index contributed by atoms with van der Waals surface area (Å²) < 4.78 is 0.